The van der Waals surface area contributed by atoms with E-state index in [-0.39, 0.29) is 0 Å². The number of halogens is 1. The molecule has 0 aliphatic carbocycles. The van der Waals surface area contributed by atoms with Crippen LogP contribution in [0.25, 0.3) is 0 Å². The Hall–Kier alpha value is -1.46. The molecule has 0 amide bonds. The molecule has 0 rings (SSSR count). The molecule has 0 fully saturated rings. The van der Waals surface area contributed by atoms with Crippen LogP contribution in [0.1, 0.15) is 0 Å². The number of hydrogen-bond acceptors (Lipinski definition) is 3. The summed E-state index contributed by atoms with van der Waals surface area (Å²) in [6, 6.07) is 0. The summed E-state index contributed by atoms with van der Waals surface area (Å²) in [4.78, 5) is 17.8. The van der Waals surface area contributed by atoms with Crippen LogP contribution in [0, 0.1) is 10.1 Å². The van der Waals surface area contributed by atoms with Crippen molar-refractivity contribution in [3.05, 3.63) is 22.1 Å². The number of carbonyl (C=O) groups is 1. The number of rotatable bonds is 2. The molecule has 0 aromatic heterocycles. The molecule has 0 atom stereocenters. The maximum atomic E-state index is 11.2. The smallest absolute Gasteiger partial charge is 0.409 e. The molecule has 0 aliphatic heterocycles. The van der Waals surface area contributed by atoms with E-state index in [9.17, 15) is 19.3 Å². The molecule has 6 heteroatoms. The van der Waals surface area contributed by atoms with Crippen LogP contribution in [0.4, 0.5) is 4.39 Å². The second-order valence-corrected chi connectivity index (χ2v) is 1.06. The van der Waals surface area contributed by atoms with Gasteiger partial charge in [-0.15, -0.1) is 0 Å². The predicted molar refractivity (Wildman–Crippen MR) is 23.8 cm³/mol. The summed E-state index contributed by atoms with van der Waals surface area (Å²) < 4.78 is 11.2. The number of aliphatic carboxylic acids is 1. The van der Waals surface area contributed by atoms with Crippen molar-refractivity contribution >= 4 is 5.97 Å². The minimum absolute atomic E-state index is 0.567. The van der Waals surface area contributed by atoms with Crippen LogP contribution in [0.15, 0.2) is 12.0 Å². The molecule has 0 aromatic carbocycles. The van der Waals surface area contributed by atoms with Gasteiger partial charge in [-0.1, -0.05) is 0 Å². The minimum Gasteiger partial charge on any atom is -0.473 e. The molecule has 0 saturated heterocycles. The molecule has 1 N–H and O–H groups in total. The Morgan fingerprint density at radius 1 is 1.78 bits per heavy atom. The molecular formula is C3H2FNO4. The van der Waals surface area contributed by atoms with E-state index in [1.807, 2.05) is 0 Å². The second-order valence-electron chi connectivity index (χ2n) is 1.06. The lowest BCUT2D eigenvalue weighted by Crippen LogP contribution is -2.08. The summed E-state index contributed by atoms with van der Waals surface area (Å²) >= 11 is 0. The van der Waals surface area contributed by atoms with E-state index in [2.05, 4.69) is 0 Å². The first kappa shape index (κ1) is 7.54. The lowest BCUT2D eigenvalue weighted by Gasteiger charge is -1.84. The van der Waals surface area contributed by atoms with Gasteiger partial charge < -0.3 is 5.11 Å². The molecule has 50 valence electrons. The van der Waals surface area contributed by atoms with Crippen LogP contribution in [-0.4, -0.2) is 16.0 Å². The van der Waals surface area contributed by atoms with E-state index < -0.39 is 22.9 Å². The van der Waals surface area contributed by atoms with Crippen molar-refractivity contribution in [2.45, 2.75) is 0 Å². The molecule has 9 heavy (non-hydrogen) atoms. The van der Waals surface area contributed by atoms with E-state index in [1.54, 1.807) is 0 Å². The Morgan fingerprint density at radius 3 is 2.22 bits per heavy atom. The van der Waals surface area contributed by atoms with Crippen LogP contribution < -0.4 is 0 Å². The molecule has 0 saturated carbocycles. The molecule has 0 bridgehead atoms. The highest BCUT2D eigenvalue weighted by Crippen LogP contribution is 1.94. The van der Waals surface area contributed by atoms with Gasteiger partial charge in [-0.3, -0.25) is 10.1 Å². The maximum Gasteiger partial charge on any atom is 0.409 e. The van der Waals surface area contributed by atoms with Crippen molar-refractivity contribution < 1.29 is 19.2 Å². The number of carboxylic acids is 1. The van der Waals surface area contributed by atoms with Crippen LogP contribution in [0.3, 0.4) is 0 Å². The van der Waals surface area contributed by atoms with Gasteiger partial charge in [-0.2, -0.15) is 0 Å². The Labute approximate surface area is 48.6 Å². The third kappa shape index (κ3) is 1.85. The number of carboxylic acid groups (broad SMARTS) is 1. The Balaban J connectivity index is 4.38. The molecule has 5 nitrogen and oxygen atoms in total. The second kappa shape index (κ2) is 2.75. The van der Waals surface area contributed by atoms with Crippen molar-refractivity contribution in [1.82, 2.24) is 0 Å². The Bertz CT molecular complexity index is 159. The van der Waals surface area contributed by atoms with Crippen LogP contribution in [0.5, 0.6) is 0 Å². The summed E-state index contributed by atoms with van der Waals surface area (Å²) in [7, 11) is 0. The number of nitro groups is 1. The van der Waals surface area contributed by atoms with Crippen molar-refractivity contribution in [2.75, 3.05) is 0 Å². The maximum absolute atomic E-state index is 11.2. The third-order valence-corrected chi connectivity index (χ3v) is 0.519. The summed E-state index contributed by atoms with van der Waals surface area (Å²) in [6.07, 6.45) is -0.567. The average molecular weight is 135 g/mol. The molecule has 0 heterocycles. The number of hydrogen-bond donors (Lipinski definition) is 1. The van der Waals surface area contributed by atoms with E-state index in [0.717, 1.165) is 0 Å². The zero-order valence-electron chi connectivity index (χ0n) is 4.07. The third-order valence-electron chi connectivity index (χ3n) is 0.519. The van der Waals surface area contributed by atoms with Gasteiger partial charge >= 0.3 is 11.7 Å². The molecule has 0 spiro atoms. The van der Waals surface area contributed by atoms with E-state index in [4.69, 9.17) is 5.11 Å². The molecular weight excluding hydrogens is 133 g/mol. The molecule has 0 unspecified atom stereocenters. The van der Waals surface area contributed by atoms with Gasteiger partial charge in [0.05, 0.1) is 4.92 Å². The van der Waals surface area contributed by atoms with Crippen LogP contribution in [0.2, 0.25) is 0 Å². The molecule has 0 aromatic rings. The fourth-order valence-electron chi connectivity index (χ4n) is 0.165. The largest absolute Gasteiger partial charge is 0.473 e. The van der Waals surface area contributed by atoms with Crippen LogP contribution >= 0.6 is 0 Å². The lowest BCUT2D eigenvalue weighted by atomic mass is 10.5. The summed E-state index contributed by atoms with van der Waals surface area (Å²) in [5, 5.41) is 17.3. The van der Waals surface area contributed by atoms with Crippen molar-refractivity contribution in [1.29, 1.82) is 0 Å². The SMILES string of the molecule is O=C(O)C(=CF)[N+](=O)[O-]. The van der Waals surface area contributed by atoms with Gasteiger partial charge in [0, 0.05) is 0 Å². The van der Waals surface area contributed by atoms with Gasteiger partial charge in [0.1, 0.15) is 0 Å². The minimum atomic E-state index is -1.89. The van der Waals surface area contributed by atoms with E-state index in [0.29, 0.717) is 0 Å². The quantitative estimate of drug-likeness (QED) is 0.332. The first-order valence-electron chi connectivity index (χ1n) is 1.77. The van der Waals surface area contributed by atoms with E-state index in [1.165, 1.54) is 0 Å². The highest BCUT2D eigenvalue weighted by molar-refractivity contribution is 5.83. The lowest BCUT2D eigenvalue weighted by molar-refractivity contribution is -0.422. The zero-order valence-corrected chi connectivity index (χ0v) is 4.07. The normalized spacial score (nSPS) is 11.0. The average Bonchev–Trinajstić information content (AvgIpc) is 1.64. The van der Waals surface area contributed by atoms with Crippen LogP contribution in [-0.2, 0) is 4.79 Å². The molecule has 0 aliphatic rings. The fraction of sp³-hybridized carbons (Fsp3) is 0. The number of nitrogens with zero attached hydrogens (tertiary/aromatic N) is 1. The van der Waals surface area contributed by atoms with E-state index >= 15 is 0 Å². The predicted octanol–water partition coefficient (Wildman–Crippen LogP) is 0.159. The topological polar surface area (TPSA) is 80.4 Å². The van der Waals surface area contributed by atoms with Gasteiger partial charge in [0.25, 0.3) is 0 Å². The summed E-state index contributed by atoms with van der Waals surface area (Å²) in [6.45, 7) is 0. The van der Waals surface area contributed by atoms with Gasteiger partial charge in [0.15, 0.2) is 6.33 Å². The fourth-order valence-corrected chi connectivity index (χ4v) is 0.165. The standard InChI is InChI=1S/C3H2FNO4/c4-1-2(3(6)7)5(8)9/h1H,(H,6,7). The Kier molecular flexibility index (Phi) is 2.31. The summed E-state index contributed by atoms with van der Waals surface area (Å²) in [5.41, 5.74) is -1.46. The Morgan fingerprint density at radius 2 is 2.22 bits per heavy atom. The monoisotopic (exact) mass is 135 g/mol. The van der Waals surface area contributed by atoms with Gasteiger partial charge in [-0.05, 0) is 0 Å². The highest BCUT2D eigenvalue weighted by atomic mass is 19.1. The van der Waals surface area contributed by atoms with Gasteiger partial charge in [0.2, 0.25) is 0 Å². The first-order chi connectivity index (χ1) is 4.09. The van der Waals surface area contributed by atoms with Crippen molar-refractivity contribution in [2.24, 2.45) is 0 Å². The zero-order chi connectivity index (χ0) is 7.44. The molecule has 0 radical (unpaired) electrons. The summed E-state index contributed by atoms with van der Waals surface area (Å²) in [5.74, 6) is -1.89. The van der Waals surface area contributed by atoms with Crippen molar-refractivity contribution in [3.63, 3.8) is 0 Å². The van der Waals surface area contributed by atoms with Gasteiger partial charge in [-0.25, -0.2) is 9.18 Å². The van der Waals surface area contributed by atoms with Crippen molar-refractivity contribution in [3.8, 4) is 0 Å². The highest BCUT2D eigenvalue weighted by Gasteiger charge is 2.19. The first-order valence-corrected chi connectivity index (χ1v) is 1.77.